The fourth-order valence-electron chi connectivity index (χ4n) is 4.12. The summed E-state index contributed by atoms with van der Waals surface area (Å²) in [5.74, 6) is 1.83. The number of likely N-dealkylation sites (tertiary alicyclic amines) is 1. The van der Waals surface area contributed by atoms with E-state index in [0.717, 1.165) is 42.9 Å². The third-order valence-corrected chi connectivity index (χ3v) is 7.54. The van der Waals surface area contributed by atoms with Crippen LogP contribution in [0.15, 0.2) is 39.6 Å². The number of nitrogens with zero attached hydrogens (tertiary/aromatic N) is 3. The van der Waals surface area contributed by atoms with Gasteiger partial charge in [-0.3, -0.25) is 14.2 Å². The molecule has 0 aliphatic carbocycles. The third-order valence-electron chi connectivity index (χ3n) is 5.72. The van der Waals surface area contributed by atoms with Gasteiger partial charge >= 0.3 is 0 Å². The smallest absolute Gasteiger partial charge is 0.262 e. The second kappa shape index (κ2) is 8.55. The highest BCUT2D eigenvalue weighted by Crippen LogP contribution is 2.38. The molecule has 0 bridgehead atoms. The van der Waals surface area contributed by atoms with Crippen molar-refractivity contribution in [2.24, 2.45) is 7.05 Å². The van der Waals surface area contributed by atoms with E-state index in [9.17, 15) is 9.59 Å². The summed E-state index contributed by atoms with van der Waals surface area (Å²) < 4.78 is 13.1. The standard InChI is InChI=1S/C22H23N3O4S2/c1-24-21(27)15-7-11-30-20(15)23-22(24)31-13-19(26)25-8-2-4-16(25)14-5-6-17-18(12-14)29-10-3-9-28-17/h5-7,11-12,16H,2-4,8-10,13H2,1H3. The number of ether oxygens (including phenoxy) is 2. The Bertz CT molecular complexity index is 1190. The molecular formula is C22H23N3O4S2. The summed E-state index contributed by atoms with van der Waals surface area (Å²) in [7, 11) is 1.70. The molecule has 5 rings (SSSR count). The molecule has 1 saturated heterocycles. The van der Waals surface area contributed by atoms with Crippen LogP contribution in [0.2, 0.25) is 0 Å². The summed E-state index contributed by atoms with van der Waals surface area (Å²) in [5, 5.41) is 3.06. The van der Waals surface area contributed by atoms with Gasteiger partial charge < -0.3 is 14.4 Å². The van der Waals surface area contributed by atoms with Gasteiger partial charge in [0.1, 0.15) is 4.83 Å². The van der Waals surface area contributed by atoms with Crippen LogP contribution in [0.25, 0.3) is 10.2 Å². The van der Waals surface area contributed by atoms with Gasteiger partial charge in [-0.15, -0.1) is 11.3 Å². The highest BCUT2D eigenvalue weighted by atomic mass is 32.2. The minimum atomic E-state index is -0.0764. The Balaban J connectivity index is 1.32. The predicted molar refractivity (Wildman–Crippen MR) is 121 cm³/mol. The molecule has 4 heterocycles. The number of hydrogen-bond donors (Lipinski definition) is 0. The van der Waals surface area contributed by atoms with E-state index in [-0.39, 0.29) is 23.3 Å². The van der Waals surface area contributed by atoms with Crippen molar-refractivity contribution >= 4 is 39.2 Å². The van der Waals surface area contributed by atoms with E-state index in [0.29, 0.717) is 28.6 Å². The second-order valence-electron chi connectivity index (χ2n) is 7.69. The summed E-state index contributed by atoms with van der Waals surface area (Å²) in [5.41, 5.74) is 0.998. The van der Waals surface area contributed by atoms with E-state index in [1.807, 2.05) is 28.5 Å². The molecule has 1 atom stereocenters. The van der Waals surface area contributed by atoms with Gasteiger partial charge in [-0.05, 0) is 42.0 Å². The van der Waals surface area contributed by atoms with Crippen LogP contribution in [-0.4, -0.2) is 45.9 Å². The van der Waals surface area contributed by atoms with E-state index in [4.69, 9.17) is 9.47 Å². The summed E-state index contributed by atoms with van der Waals surface area (Å²) in [6.45, 7) is 2.03. The zero-order valence-electron chi connectivity index (χ0n) is 17.2. The van der Waals surface area contributed by atoms with Gasteiger partial charge in [-0.2, -0.15) is 0 Å². The lowest BCUT2D eigenvalue weighted by molar-refractivity contribution is -0.129. The number of rotatable bonds is 4. The fraction of sp³-hybridized carbons (Fsp3) is 0.409. The first-order chi connectivity index (χ1) is 15.1. The maximum atomic E-state index is 13.1. The lowest BCUT2D eigenvalue weighted by Crippen LogP contribution is -2.32. The normalized spacial score (nSPS) is 18.4. The molecule has 2 aromatic heterocycles. The summed E-state index contributed by atoms with van der Waals surface area (Å²) >= 11 is 2.76. The molecule has 9 heteroatoms. The third kappa shape index (κ3) is 3.92. The quantitative estimate of drug-likeness (QED) is 0.440. The van der Waals surface area contributed by atoms with Crippen molar-refractivity contribution in [1.82, 2.24) is 14.5 Å². The van der Waals surface area contributed by atoms with Crippen molar-refractivity contribution in [2.45, 2.75) is 30.5 Å². The summed E-state index contributed by atoms with van der Waals surface area (Å²) in [6, 6.07) is 7.81. The zero-order chi connectivity index (χ0) is 21.4. The molecule has 2 aliphatic heterocycles. The number of fused-ring (bicyclic) bond motifs is 2. The number of carbonyl (C=O) groups excluding carboxylic acids is 1. The molecular weight excluding hydrogens is 434 g/mol. The van der Waals surface area contributed by atoms with E-state index < -0.39 is 0 Å². The Kier molecular flexibility index (Phi) is 5.62. The van der Waals surface area contributed by atoms with Gasteiger partial charge in [-0.25, -0.2) is 4.98 Å². The first kappa shape index (κ1) is 20.4. The molecule has 0 saturated carbocycles. The minimum Gasteiger partial charge on any atom is -0.490 e. The maximum absolute atomic E-state index is 13.1. The Morgan fingerprint density at radius 1 is 1.23 bits per heavy atom. The molecule has 2 aliphatic rings. The monoisotopic (exact) mass is 457 g/mol. The maximum Gasteiger partial charge on any atom is 0.262 e. The van der Waals surface area contributed by atoms with E-state index >= 15 is 0 Å². The van der Waals surface area contributed by atoms with Crippen LogP contribution < -0.4 is 15.0 Å². The first-order valence-corrected chi connectivity index (χ1v) is 12.2. The lowest BCUT2D eigenvalue weighted by Gasteiger charge is -2.25. The molecule has 1 unspecified atom stereocenters. The molecule has 31 heavy (non-hydrogen) atoms. The molecule has 162 valence electrons. The van der Waals surface area contributed by atoms with Crippen molar-refractivity contribution in [1.29, 1.82) is 0 Å². The Labute approximate surface area is 188 Å². The van der Waals surface area contributed by atoms with Crippen LogP contribution in [0.5, 0.6) is 11.5 Å². The Morgan fingerprint density at radius 3 is 2.94 bits per heavy atom. The van der Waals surface area contributed by atoms with Crippen LogP contribution in [0.1, 0.15) is 30.9 Å². The predicted octanol–water partition coefficient (Wildman–Crippen LogP) is 3.61. The van der Waals surface area contributed by atoms with Gasteiger partial charge in [-0.1, -0.05) is 17.8 Å². The first-order valence-electron chi connectivity index (χ1n) is 10.4. The molecule has 0 spiro atoms. The van der Waals surface area contributed by atoms with Crippen molar-refractivity contribution in [3.63, 3.8) is 0 Å². The van der Waals surface area contributed by atoms with Crippen LogP contribution in [-0.2, 0) is 11.8 Å². The molecule has 0 radical (unpaired) electrons. The number of aromatic nitrogens is 2. The highest BCUT2D eigenvalue weighted by molar-refractivity contribution is 7.99. The zero-order valence-corrected chi connectivity index (χ0v) is 18.8. The highest BCUT2D eigenvalue weighted by Gasteiger charge is 2.31. The number of amides is 1. The SMILES string of the molecule is Cn1c(SCC(=O)N2CCCC2c2ccc3c(c2)OCCCO3)nc2sccc2c1=O. The Hall–Kier alpha value is -2.52. The van der Waals surface area contributed by atoms with E-state index in [1.54, 1.807) is 13.1 Å². The minimum absolute atomic E-state index is 0.0295. The van der Waals surface area contributed by atoms with Gasteiger partial charge in [0, 0.05) is 20.0 Å². The van der Waals surface area contributed by atoms with E-state index in [2.05, 4.69) is 4.98 Å². The van der Waals surface area contributed by atoms with Gasteiger partial charge in [0.15, 0.2) is 16.7 Å². The molecule has 0 N–H and O–H groups in total. The van der Waals surface area contributed by atoms with Gasteiger partial charge in [0.2, 0.25) is 5.91 Å². The number of thioether (sulfide) groups is 1. The van der Waals surface area contributed by atoms with Crippen LogP contribution in [0.4, 0.5) is 0 Å². The number of carbonyl (C=O) groups is 1. The van der Waals surface area contributed by atoms with Crippen molar-refractivity contribution < 1.29 is 14.3 Å². The summed E-state index contributed by atoms with van der Waals surface area (Å²) in [6.07, 6.45) is 2.75. The largest absolute Gasteiger partial charge is 0.490 e. The lowest BCUT2D eigenvalue weighted by atomic mass is 10.0. The molecule has 3 aromatic rings. The van der Waals surface area contributed by atoms with E-state index in [1.165, 1.54) is 27.7 Å². The van der Waals surface area contributed by atoms with Crippen molar-refractivity contribution in [2.75, 3.05) is 25.5 Å². The van der Waals surface area contributed by atoms with Crippen LogP contribution in [0.3, 0.4) is 0 Å². The number of benzene rings is 1. The van der Waals surface area contributed by atoms with Crippen LogP contribution >= 0.6 is 23.1 Å². The van der Waals surface area contributed by atoms with Crippen molar-refractivity contribution in [3.05, 3.63) is 45.6 Å². The number of thiophene rings is 1. The van der Waals surface area contributed by atoms with Gasteiger partial charge in [0.05, 0.1) is 30.4 Å². The second-order valence-corrected chi connectivity index (χ2v) is 9.53. The summed E-state index contributed by atoms with van der Waals surface area (Å²) in [4.78, 5) is 32.8. The molecule has 1 amide bonds. The topological polar surface area (TPSA) is 73.7 Å². The van der Waals surface area contributed by atoms with Gasteiger partial charge in [0.25, 0.3) is 5.56 Å². The van der Waals surface area contributed by atoms with Crippen molar-refractivity contribution in [3.8, 4) is 11.5 Å². The molecule has 7 nitrogen and oxygen atoms in total. The molecule has 1 aromatic carbocycles. The molecule has 1 fully saturated rings. The average molecular weight is 458 g/mol. The Morgan fingerprint density at radius 2 is 2.06 bits per heavy atom. The van der Waals surface area contributed by atoms with Crippen LogP contribution in [0, 0.1) is 0 Å². The average Bonchev–Trinajstić information content (AvgIpc) is 3.40. The number of hydrogen-bond acceptors (Lipinski definition) is 7. The fourth-order valence-corrected chi connectivity index (χ4v) is 5.78.